The van der Waals surface area contributed by atoms with Crippen molar-refractivity contribution in [2.24, 2.45) is 0 Å². The van der Waals surface area contributed by atoms with E-state index >= 15 is 0 Å². The first-order valence-electron chi connectivity index (χ1n) is 7.95. The van der Waals surface area contributed by atoms with Gasteiger partial charge in [-0.15, -0.1) is 0 Å². The van der Waals surface area contributed by atoms with Crippen LogP contribution in [-0.4, -0.2) is 41.4 Å². The van der Waals surface area contributed by atoms with Gasteiger partial charge in [0.15, 0.2) is 0 Å². The number of nitrogens with one attached hydrogen (secondary N) is 1. The number of anilines is 1. The minimum Gasteiger partial charge on any atom is -0.491 e. The van der Waals surface area contributed by atoms with Crippen molar-refractivity contribution in [3.8, 4) is 17.0 Å². The number of rotatable bonds is 8. The Balaban J connectivity index is 1.73. The van der Waals surface area contributed by atoms with Gasteiger partial charge < -0.3 is 19.3 Å². The van der Waals surface area contributed by atoms with Crippen molar-refractivity contribution < 1.29 is 14.0 Å². The first kappa shape index (κ1) is 19.2. The molecule has 0 bridgehead atoms. The lowest BCUT2D eigenvalue weighted by Gasteiger charge is -2.12. The van der Waals surface area contributed by atoms with Gasteiger partial charge in [-0.3, -0.25) is 0 Å². The molecule has 0 aliphatic rings. The quantitative estimate of drug-likeness (QED) is 0.369. The number of hydrogen-bond donors (Lipinski definition) is 2. The van der Waals surface area contributed by atoms with Crippen molar-refractivity contribution in [1.82, 2.24) is 9.97 Å². The monoisotopic (exact) mass is 483 g/mol. The lowest BCUT2D eigenvalue weighted by atomic mass is 10.1. The smallest absolute Gasteiger partial charge is 0.125 e. The Labute approximate surface area is 168 Å². The second-order valence-electron chi connectivity index (χ2n) is 5.55. The molecule has 2 aromatic heterocycles. The van der Waals surface area contributed by atoms with Crippen LogP contribution in [-0.2, 0) is 4.18 Å². The normalized spacial score (nSPS) is 12.1. The van der Waals surface area contributed by atoms with E-state index in [-0.39, 0.29) is 13.2 Å². The maximum Gasteiger partial charge on any atom is 0.125 e. The molecule has 6 nitrogen and oxygen atoms in total. The molecular weight excluding hydrogens is 465 g/mol. The van der Waals surface area contributed by atoms with Crippen LogP contribution < -0.4 is 10.1 Å². The Morgan fingerprint density at radius 3 is 2.81 bits per heavy atom. The number of aliphatic hydroxyl groups is 1. The van der Waals surface area contributed by atoms with Crippen LogP contribution in [0.15, 0.2) is 48.7 Å². The number of hydrogen-bond acceptors (Lipinski definition) is 7. The number of pyridine rings is 2. The number of ether oxygens (including phenoxy) is 1. The Kier molecular flexibility index (Phi) is 6.89. The standard InChI is InChI=1S/C18H18IN3O3S/c1-20-18-7-3-13(9-21-18)17-5-2-12-8-15(4-6-16(12)22-17)24-10-14(23)11-25-26-19/h2-9,14,23H,10-11H2,1H3,(H,20,21). The molecule has 3 aromatic rings. The van der Waals surface area contributed by atoms with E-state index in [9.17, 15) is 5.11 Å². The first-order valence-corrected chi connectivity index (χ1v) is 11.2. The second-order valence-corrected chi connectivity index (χ2v) is 6.99. The molecule has 0 saturated heterocycles. The van der Waals surface area contributed by atoms with Crippen LogP contribution in [0.2, 0.25) is 0 Å². The minimum atomic E-state index is -0.665. The van der Waals surface area contributed by atoms with Crippen LogP contribution in [0.4, 0.5) is 5.82 Å². The molecule has 0 amide bonds. The summed E-state index contributed by atoms with van der Waals surface area (Å²) >= 11 is 2.01. The van der Waals surface area contributed by atoms with Crippen molar-refractivity contribution in [1.29, 1.82) is 0 Å². The zero-order valence-electron chi connectivity index (χ0n) is 14.1. The zero-order chi connectivity index (χ0) is 18.4. The van der Waals surface area contributed by atoms with Crippen LogP contribution in [0.5, 0.6) is 5.75 Å². The van der Waals surface area contributed by atoms with Gasteiger partial charge in [0, 0.05) is 45.4 Å². The predicted molar refractivity (Wildman–Crippen MR) is 114 cm³/mol. The van der Waals surface area contributed by atoms with E-state index in [0.717, 1.165) is 28.0 Å². The van der Waals surface area contributed by atoms with E-state index in [4.69, 9.17) is 8.92 Å². The fourth-order valence-electron chi connectivity index (χ4n) is 2.39. The topological polar surface area (TPSA) is 76.5 Å². The average molecular weight is 483 g/mol. The van der Waals surface area contributed by atoms with Crippen LogP contribution >= 0.6 is 30.4 Å². The third kappa shape index (κ3) is 4.97. The number of aliphatic hydroxyl groups excluding tert-OH is 1. The first-order chi connectivity index (χ1) is 12.7. The van der Waals surface area contributed by atoms with Crippen molar-refractivity contribution in [3.63, 3.8) is 0 Å². The van der Waals surface area contributed by atoms with Gasteiger partial charge in [-0.25, -0.2) is 9.97 Å². The van der Waals surface area contributed by atoms with Crippen molar-refractivity contribution in [2.75, 3.05) is 25.6 Å². The summed E-state index contributed by atoms with van der Waals surface area (Å²) in [5, 5.41) is 13.7. The highest BCUT2D eigenvalue weighted by molar-refractivity contribution is 14.2. The summed E-state index contributed by atoms with van der Waals surface area (Å²) in [4.78, 5) is 9.01. The molecule has 26 heavy (non-hydrogen) atoms. The van der Waals surface area contributed by atoms with Gasteiger partial charge in [-0.2, -0.15) is 0 Å². The van der Waals surface area contributed by atoms with Gasteiger partial charge in [0.25, 0.3) is 0 Å². The van der Waals surface area contributed by atoms with Gasteiger partial charge in [0.05, 0.1) is 27.0 Å². The van der Waals surface area contributed by atoms with Crippen molar-refractivity contribution in [3.05, 3.63) is 48.7 Å². The molecule has 136 valence electrons. The fourth-order valence-corrected chi connectivity index (χ4v) is 3.04. The summed E-state index contributed by atoms with van der Waals surface area (Å²) in [6, 6.07) is 13.5. The number of aromatic nitrogens is 2. The summed E-state index contributed by atoms with van der Waals surface area (Å²) in [7, 11) is 3.03. The lowest BCUT2D eigenvalue weighted by Crippen LogP contribution is -2.21. The van der Waals surface area contributed by atoms with E-state index < -0.39 is 6.10 Å². The van der Waals surface area contributed by atoms with Crippen LogP contribution in [0.3, 0.4) is 0 Å². The highest BCUT2D eigenvalue weighted by atomic mass is 127. The molecule has 3 rings (SSSR count). The molecule has 1 aromatic carbocycles. The molecular formula is C18H18IN3O3S. The van der Waals surface area contributed by atoms with E-state index in [0.29, 0.717) is 5.75 Å². The third-order valence-electron chi connectivity index (χ3n) is 3.72. The van der Waals surface area contributed by atoms with Crippen molar-refractivity contribution >= 4 is 47.1 Å². The maximum absolute atomic E-state index is 9.77. The van der Waals surface area contributed by atoms with E-state index in [1.807, 2.05) is 70.7 Å². The molecule has 2 N–H and O–H groups in total. The molecule has 0 fully saturated rings. The highest BCUT2D eigenvalue weighted by Crippen LogP contribution is 2.24. The summed E-state index contributed by atoms with van der Waals surface area (Å²) in [6.45, 7) is 0.407. The Bertz CT molecular complexity index is 864. The van der Waals surface area contributed by atoms with E-state index in [1.54, 1.807) is 6.20 Å². The van der Waals surface area contributed by atoms with E-state index in [2.05, 4.69) is 15.3 Å². The maximum atomic E-state index is 9.77. The van der Waals surface area contributed by atoms with Gasteiger partial charge >= 0.3 is 0 Å². The SMILES string of the molecule is CNc1ccc(-c2ccc3cc(OCC(O)COSI)ccc3n2)cn1. The van der Waals surface area contributed by atoms with E-state index in [1.165, 1.54) is 9.21 Å². The largest absolute Gasteiger partial charge is 0.491 e. The molecule has 0 aliphatic heterocycles. The van der Waals surface area contributed by atoms with Crippen molar-refractivity contribution in [2.45, 2.75) is 6.10 Å². The number of fused-ring (bicyclic) bond motifs is 1. The Hall–Kier alpha value is -1.62. The molecule has 0 spiro atoms. The minimum absolute atomic E-state index is 0.178. The highest BCUT2D eigenvalue weighted by Gasteiger charge is 2.07. The number of halogens is 1. The Morgan fingerprint density at radius 2 is 2.08 bits per heavy atom. The number of benzene rings is 1. The second kappa shape index (κ2) is 9.36. The summed E-state index contributed by atoms with van der Waals surface area (Å²) < 4.78 is 10.7. The summed E-state index contributed by atoms with van der Waals surface area (Å²) in [5.41, 5.74) is 2.70. The van der Waals surface area contributed by atoms with Crippen LogP contribution in [0.1, 0.15) is 0 Å². The lowest BCUT2D eigenvalue weighted by molar-refractivity contribution is 0.0707. The average Bonchev–Trinajstić information content (AvgIpc) is 2.70. The molecule has 1 atom stereocenters. The molecule has 0 radical (unpaired) electrons. The third-order valence-corrected chi connectivity index (χ3v) is 4.71. The molecule has 0 aliphatic carbocycles. The molecule has 1 unspecified atom stereocenters. The fraction of sp³-hybridized carbons (Fsp3) is 0.222. The summed E-state index contributed by atoms with van der Waals surface area (Å²) in [5.74, 6) is 1.51. The Morgan fingerprint density at radius 1 is 1.19 bits per heavy atom. The van der Waals surface area contributed by atoms with Gasteiger partial charge in [0.2, 0.25) is 0 Å². The van der Waals surface area contributed by atoms with Gasteiger partial charge in [-0.1, -0.05) is 6.07 Å². The molecule has 0 saturated carbocycles. The summed E-state index contributed by atoms with van der Waals surface area (Å²) in [6.07, 6.45) is 1.14. The molecule has 8 heteroatoms. The zero-order valence-corrected chi connectivity index (χ0v) is 17.0. The molecule has 2 heterocycles. The van der Waals surface area contributed by atoms with Crippen LogP contribution in [0.25, 0.3) is 22.2 Å². The number of nitrogens with zero attached hydrogens (tertiary/aromatic N) is 2. The predicted octanol–water partition coefficient (Wildman–Crippen LogP) is 4.09. The van der Waals surface area contributed by atoms with Gasteiger partial charge in [0.1, 0.15) is 24.3 Å². The van der Waals surface area contributed by atoms with Gasteiger partial charge in [-0.05, 0) is 36.4 Å². The van der Waals surface area contributed by atoms with Crippen LogP contribution in [0, 0.1) is 0 Å².